The topological polar surface area (TPSA) is 69.3 Å². The van der Waals surface area contributed by atoms with Crippen molar-refractivity contribution in [3.63, 3.8) is 0 Å². The molecule has 1 aliphatic carbocycles. The monoisotopic (exact) mass is 520 g/mol. The molecule has 0 spiro atoms. The van der Waals surface area contributed by atoms with Crippen LogP contribution >= 0.6 is 0 Å². The second-order valence-electron chi connectivity index (χ2n) is 9.78. The van der Waals surface area contributed by atoms with Gasteiger partial charge in [0.05, 0.1) is 20.3 Å². The van der Waals surface area contributed by atoms with Crippen LogP contribution in [0.2, 0.25) is 0 Å². The summed E-state index contributed by atoms with van der Waals surface area (Å²) in [5, 5.41) is 5.53. The zero-order valence-corrected chi connectivity index (χ0v) is 22.8. The van der Waals surface area contributed by atoms with Gasteiger partial charge in [-0.2, -0.15) is 0 Å². The Labute approximate surface area is 226 Å². The van der Waals surface area contributed by atoms with Crippen LogP contribution in [0.25, 0.3) is 21.9 Å². The fourth-order valence-corrected chi connectivity index (χ4v) is 4.69. The van der Waals surface area contributed by atoms with Crippen LogP contribution in [0.4, 0.5) is 0 Å². The standard InChI is InChI=1S/C26H31NO3.C5H9NO2/c1-27(21-12-13-21)18-20-16-26(30-15-7-14-28-2)25(29-3)17-24(20)23-11-6-9-19-8-4-5-10-22(19)23;7-4-5-3-6-1-2-8-5/h4-6,8-11,16-17,21H,7,12-15,18H2,1-3H3;4-6H,1-3H2. The maximum Gasteiger partial charge on any atom is 0.161 e. The predicted octanol–water partition coefficient (Wildman–Crippen LogP) is 4.70. The normalized spacial score (nSPS) is 17.1. The molecule has 7 heteroatoms. The van der Waals surface area contributed by atoms with E-state index in [1.807, 2.05) is 0 Å². The summed E-state index contributed by atoms with van der Waals surface area (Å²) < 4.78 is 22.0. The highest BCUT2D eigenvalue weighted by Gasteiger charge is 2.27. The third-order valence-corrected chi connectivity index (χ3v) is 6.92. The smallest absolute Gasteiger partial charge is 0.161 e. The van der Waals surface area contributed by atoms with E-state index in [9.17, 15) is 4.79 Å². The lowest BCUT2D eigenvalue weighted by Gasteiger charge is -2.22. The van der Waals surface area contributed by atoms with Crippen molar-refractivity contribution >= 4 is 17.1 Å². The van der Waals surface area contributed by atoms with E-state index < -0.39 is 0 Å². The molecule has 1 heterocycles. The number of hydrogen-bond acceptors (Lipinski definition) is 7. The van der Waals surface area contributed by atoms with Gasteiger partial charge in [0, 0.05) is 45.8 Å². The minimum atomic E-state index is -0.205. The summed E-state index contributed by atoms with van der Waals surface area (Å²) in [4.78, 5) is 12.4. The molecule has 1 saturated heterocycles. The average Bonchev–Trinajstić information content (AvgIpc) is 3.82. The van der Waals surface area contributed by atoms with Gasteiger partial charge < -0.3 is 29.1 Å². The first-order valence-corrected chi connectivity index (χ1v) is 13.4. The van der Waals surface area contributed by atoms with Gasteiger partial charge in [-0.25, -0.2) is 0 Å². The summed E-state index contributed by atoms with van der Waals surface area (Å²) in [6, 6.07) is 20.1. The zero-order chi connectivity index (χ0) is 26.7. The van der Waals surface area contributed by atoms with Gasteiger partial charge in [-0.15, -0.1) is 0 Å². The molecule has 1 N–H and O–H groups in total. The van der Waals surface area contributed by atoms with Gasteiger partial charge in [0.15, 0.2) is 11.5 Å². The van der Waals surface area contributed by atoms with Gasteiger partial charge in [-0.3, -0.25) is 4.90 Å². The van der Waals surface area contributed by atoms with Crippen molar-refractivity contribution in [2.45, 2.75) is 38.0 Å². The van der Waals surface area contributed by atoms with Crippen molar-refractivity contribution in [3.05, 3.63) is 60.2 Å². The second kappa shape index (κ2) is 14.3. The van der Waals surface area contributed by atoms with Crippen LogP contribution in [0, 0.1) is 0 Å². The number of benzene rings is 3. The van der Waals surface area contributed by atoms with Crippen LogP contribution in [-0.4, -0.2) is 77.5 Å². The molecule has 0 bridgehead atoms. The van der Waals surface area contributed by atoms with E-state index in [2.05, 4.69) is 71.9 Å². The molecular weight excluding hydrogens is 480 g/mol. The molecule has 38 heavy (non-hydrogen) atoms. The lowest BCUT2D eigenvalue weighted by Crippen LogP contribution is -2.39. The number of methoxy groups -OCH3 is 2. The number of carbonyl (C=O) groups excluding carboxylic acids is 1. The molecule has 1 saturated carbocycles. The van der Waals surface area contributed by atoms with Crippen LogP contribution < -0.4 is 14.8 Å². The largest absolute Gasteiger partial charge is 0.493 e. The molecule has 1 aliphatic heterocycles. The summed E-state index contributed by atoms with van der Waals surface area (Å²) in [6.07, 6.45) is 4.05. The van der Waals surface area contributed by atoms with E-state index in [0.717, 1.165) is 37.3 Å². The van der Waals surface area contributed by atoms with Crippen molar-refractivity contribution in [3.8, 4) is 22.6 Å². The number of fused-ring (bicyclic) bond motifs is 1. The van der Waals surface area contributed by atoms with Gasteiger partial charge in [0.2, 0.25) is 0 Å². The maximum absolute atomic E-state index is 9.99. The van der Waals surface area contributed by atoms with E-state index in [0.29, 0.717) is 32.4 Å². The Hall–Kier alpha value is -2.97. The highest BCUT2D eigenvalue weighted by molar-refractivity contribution is 5.97. The molecule has 204 valence electrons. The highest BCUT2D eigenvalue weighted by Crippen LogP contribution is 2.40. The van der Waals surface area contributed by atoms with Crippen LogP contribution in [0.3, 0.4) is 0 Å². The molecule has 0 amide bonds. The number of aldehydes is 1. The number of hydrogen-bond donors (Lipinski definition) is 1. The molecule has 0 aromatic heterocycles. The molecule has 2 fully saturated rings. The molecule has 7 nitrogen and oxygen atoms in total. The lowest BCUT2D eigenvalue weighted by atomic mass is 9.93. The Kier molecular flexibility index (Phi) is 10.5. The number of nitrogens with zero attached hydrogens (tertiary/aromatic N) is 1. The van der Waals surface area contributed by atoms with Crippen molar-refractivity contribution in [2.24, 2.45) is 0 Å². The minimum absolute atomic E-state index is 0.205. The second-order valence-corrected chi connectivity index (χ2v) is 9.78. The van der Waals surface area contributed by atoms with E-state index in [4.69, 9.17) is 18.9 Å². The quantitative estimate of drug-likeness (QED) is 0.290. The number of morpholine rings is 1. The van der Waals surface area contributed by atoms with Crippen LogP contribution in [0.5, 0.6) is 11.5 Å². The van der Waals surface area contributed by atoms with Crippen molar-refractivity contribution in [1.29, 1.82) is 0 Å². The number of carbonyl (C=O) groups is 1. The number of nitrogens with one attached hydrogen (secondary N) is 1. The van der Waals surface area contributed by atoms with Gasteiger partial charge in [0.25, 0.3) is 0 Å². The van der Waals surface area contributed by atoms with E-state index in [-0.39, 0.29) is 6.10 Å². The van der Waals surface area contributed by atoms with Crippen LogP contribution in [0.15, 0.2) is 54.6 Å². The first kappa shape index (κ1) is 28.0. The molecular formula is C31H40N2O5. The summed E-state index contributed by atoms with van der Waals surface area (Å²) >= 11 is 0. The first-order chi connectivity index (χ1) is 18.6. The number of ether oxygens (including phenoxy) is 4. The van der Waals surface area contributed by atoms with E-state index in [1.165, 1.54) is 40.3 Å². The molecule has 1 unspecified atom stereocenters. The predicted molar refractivity (Wildman–Crippen MR) is 151 cm³/mol. The number of rotatable bonds is 11. The Balaban J connectivity index is 0.000000360. The third-order valence-electron chi connectivity index (χ3n) is 6.92. The maximum atomic E-state index is 9.99. The fourth-order valence-electron chi connectivity index (χ4n) is 4.69. The zero-order valence-electron chi connectivity index (χ0n) is 22.8. The lowest BCUT2D eigenvalue weighted by molar-refractivity contribution is -0.119. The van der Waals surface area contributed by atoms with E-state index >= 15 is 0 Å². The fraction of sp³-hybridized carbons (Fsp3) is 0.452. The minimum Gasteiger partial charge on any atom is -0.493 e. The molecule has 0 radical (unpaired) electrons. The van der Waals surface area contributed by atoms with Gasteiger partial charge in [0.1, 0.15) is 12.4 Å². The highest BCUT2D eigenvalue weighted by atomic mass is 16.5. The Bertz CT molecular complexity index is 1170. The average molecular weight is 521 g/mol. The van der Waals surface area contributed by atoms with Crippen LogP contribution in [-0.2, 0) is 20.8 Å². The first-order valence-electron chi connectivity index (χ1n) is 13.4. The van der Waals surface area contributed by atoms with Crippen molar-refractivity contribution < 1.29 is 23.7 Å². The van der Waals surface area contributed by atoms with Crippen LogP contribution in [0.1, 0.15) is 24.8 Å². The molecule has 3 aromatic rings. The Morgan fingerprint density at radius 1 is 1.03 bits per heavy atom. The van der Waals surface area contributed by atoms with E-state index in [1.54, 1.807) is 14.2 Å². The van der Waals surface area contributed by atoms with Gasteiger partial charge >= 0.3 is 0 Å². The Morgan fingerprint density at radius 2 is 1.84 bits per heavy atom. The summed E-state index contributed by atoms with van der Waals surface area (Å²) in [7, 11) is 5.64. The molecule has 2 aliphatic rings. The van der Waals surface area contributed by atoms with Gasteiger partial charge in [-0.05, 0) is 59.5 Å². The van der Waals surface area contributed by atoms with Gasteiger partial charge in [-0.1, -0.05) is 42.5 Å². The van der Waals surface area contributed by atoms with Crippen molar-refractivity contribution in [1.82, 2.24) is 10.2 Å². The SMILES string of the molecule is COCCCOc1cc(CN(C)C2CC2)c(-c2cccc3ccccc23)cc1OC.O=CC1CNCCO1. The summed E-state index contributed by atoms with van der Waals surface area (Å²) in [5.74, 6) is 1.57. The van der Waals surface area contributed by atoms with Crippen molar-refractivity contribution in [2.75, 3.05) is 54.2 Å². The molecule has 1 atom stereocenters. The Morgan fingerprint density at radius 3 is 2.53 bits per heavy atom. The summed E-state index contributed by atoms with van der Waals surface area (Å²) in [5.41, 5.74) is 3.71. The molecule has 3 aromatic carbocycles. The molecule has 5 rings (SSSR count). The summed E-state index contributed by atoms with van der Waals surface area (Å²) in [6.45, 7) is 4.38. The third kappa shape index (κ3) is 7.54.